The molecule has 0 saturated carbocycles. The zero-order chi connectivity index (χ0) is 13.8. The van der Waals surface area contributed by atoms with Crippen LogP contribution in [0.2, 0.25) is 5.02 Å². The van der Waals surface area contributed by atoms with Crippen LogP contribution in [-0.2, 0) is 0 Å². The molecule has 1 aromatic carbocycles. The second kappa shape index (κ2) is 6.24. The van der Waals surface area contributed by atoms with E-state index in [1.807, 2.05) is 0 Å². The van der Waals surface area contributed by atoms with Crippen LogP contribution in [0.5, 0.6) is 0 Å². The van der Waals surface area contributed by atoms with Gasteiger partial charge in [-0.2, -0.15) is 0 Å². The van der Waals surface area contributed by atoms with Gasteiger partial charge in [0.2, 0.25) is 0 Å². The maximum atomic E-state index is 11.2. The summed E-state index contributed by atoms with van der Waals surface area (Å²) in [6.07, 6.45) is 4.58. The van der Waals surface area contributed by atoms with Gasteiger partial charge in [-0.25, -0.2) is 0 Å². The minimum atomic E-state index is -0.375. The molecule has 2 rings (SSSR count). The van der Waals surface area contributed by atoms with Gasteiger partial charge in [0.15, 0.2) is 0 Å². The lowest BCUT2D eigenvalue weighted by Gasteiger charge is -2.22. The molecule has 5 heteroatoms. The molecule has 0 radical (unpaired) electrons. The number of para-hydroxylation sites is 1. The van der Waals surface area contributed by atoms with E-state index >= 15 is 0 Å². The second-order valence-corrected chi connectivity index (χ2v) is 5.46. The van der Waals surface area contributed by atoms with Gasteiger partial charge in [0.05, 0.1) is 4.92 Å². The van der Waals surface area contributed by atoms with Crippen molar-refractivity contribution < 1.29 is 4.92 Å². The van der Waals surface area contributed by atoms with E-state index in [0.717, 1.165) is 31.8 Å². The highest BCUT2D eigenvalue weighted by molar-refractivity contribution is 6.33. The molecule has 0 N–H and O–H groups in total. The molecule has 0 spiro atoms. The topological polar surface area (TPSA) is 46.4 Å². The second-order valence-electron chi connectivity index (χ2n) is 5.06. The number of halogens is 1. The molecule has 0 aromatic heterocycles. The highest BCUT2D eigenvalue weighted by Crippen LogP contribution is 2.36. The van der Waals surface area contributed by atoms with Gasteiger partial charge in [0, 0.05) is 13.1 Å². The highest BCUT2D eigenvalue weighted by Gasteiger charge is 2.24. The van der Waals surface area contributed by atoms with Crippen molar-refractivity contribution in [2.75, 3.05) is 18.0 Å². The lowest BCUT2D eigenvalue weighted by atomic mass is 9.98. The summed E-state index contributed by atoms with van der Waals surface area (Å²) in [6, 6.07) is 5.17. The zero-order valence-corrected chi connectivity index (χ0v) is 11.9. The summed E-state index contributed by atoms with van der Waals surface area (Å²) >= 11 is 5.97. The van der Waals surface area contributed by atoms with Gasteiger partial charge in [0.1, 0.15) is 10.7 Å². The Labute approximate surface area is 118 Å². The van der Waals surface area contributed by atoms with Crippen molar-refractivity contribution in [2.45, 2.75) is 32.6 Å². The van der Waals surface area contributed by atoms with Gasteiger partial charge in [-0.05, 0) is 37.3 Å². The number of hydrogen-bond acceptors (Lipinski definition) is 3. The van der Waals surface area contributed by atoms with E-state index in [4.69, 9.17) is 11.6 Å². The Bertz CT molecular complexity index is 465. The molecule has 0 aliphatic carbocycles. The first-order chi connectivity index (χ1) is 9.13. The van der Waals surface area contributed by atoms with Gasteiger partial charge in [-0.3, -0.25) is 10.1 Å². The molecule has 1 saturated heterocycles. The Balaban J connectivity index is 2.26. The molecular formula is C14H19ClN2O2. The summed E-state index contributed by atoms with van der Waals surface area (Å²) in [4.78, 5) is 12.9. The van der Waals surface area contributed by atoms with E-state index in [-0.39, 0.29) is 15.6 Å². The molecule has 1 aliphatic rings. The van der Waals surface area contributed by atoms with Gasteiger partial charge in [-0.1, -0.05) is 31.0 Å². The fourth-order valence-electron chi connectivity index (χ4n) is 2.75. The summed E-state index contributed by atoms with van der Waals surface area (Å²) in [5.74, 6) is 0.739. The summed E-state index contributed by atoms with van der Waals surface area (Å²) in [7, 11) is 0. The molecule has 1 aromatic rings. The molecule has 19 heavy (non-hydrogen) atoms. The van der Waals surface area contributed by atoms with Crippen molar-refractivity contribution >= 4 is 23.0 Å². The van der Waals surface area contributed by atoms with Gasteiger partial charge >= 0.3 is 5.69 Å². The average molecular weight is 283 g/mol. The van der Waals surface area contributed by atoms with Crippen molar-refractivity contribution in [2.24, 2.45) is 5.92 Å². The van der Waals surface area contributed by atoms with Crippen molar-refractivity contribution in [3.8, 4) is 0 Å². The van der Waals surface area contributed by atoms with E-state index < -0.39 is 0 Å². The zero-order valence-electron chi connectivity index (χ0n) is 11.1. The van der Waals surface area contributed by atoms with Crippen molar-refractivity contribution in [1.29, 1.82) is 0 Å². The normalized spacial score (nSPS) is 20.1. The first kappa shape index (κ1) is 14.1. The third-order valence-corrected chi connectivity index (χ3v) is 4.22. The molecular weight excluding hydrogens is 264 g/mol. The monoisotopic (exact) mass is 282 g/mol. The Kier molecular flexibility index (Phi) is 4.64. The Morgan fingerprint density at radius 3 is 2.89 bits per heavy atom. The summed E-state index contributed by atoms with van der Waals surface area (Å²) < 4.78 is 0. The van der Waals surface area contributed by atoms with Crippen molar-refractivity contribution in [3.63, 3.8) is 0 Å². The van der Waals surface area contributed by atoms with Crippen LogP contribution < -0.4 is 4.90 Å². The van der Waals surface area contributed by atoms with Gasteiger partial charge in [0.25, 0.3) is 0 Å². The number of nitro benzene ring substituents is 1. The van der Waals surface area contributed by atoms with E-state index in [1.54, 1.807) is 18.2 Å². The summed E-state index contributed by atoms with van der Waals surface area (Å²) in [5.41, 5.74) is 0.702. The predicted molar refractivity (Wildman–Crippen MR) is 78.0 cm³/mol. The van der Waals surface area contributed by atoms with E-state index in [0.29, 0.717) is 5.69 Å². The number of anilines is 1. The van der Waals surface area contributed by atoms with Crippen LogP contribution in [0.4, 0.5) is 11.4 Å². The fourth-order valence-corrected chi connectivity index (χ4v) is 2.99. The van der Waals surface area contributed by atoms with Gasteiger partial charge in [-0.15, -0.1) is 0 Å². The molecule has 1 aliphatic heterocycles. The molecule has 104 valence electrons. The Morgan fingerprint density at radius 1 is 1.42 bits per heavy atom. The number of benzene rings is 1. The van der Waals surface area contributed by atoms with Crippen LogP contribution in [-0.4, -0.2) is 18.0 Å². The minimum absolute atomic E-state index is 0.0408. The first-order valence-electron chi connectivity index (χ1n) is 6.81. The van der Waals surface area contributed by atoms with Crippen molar-refractivity contribution in [1.82, 2.24) is 0 Å². The number of hydrogen-bond donors (Lipinski definition) is 0. The minimum Gasteiger partial charge on any atom is -0.366 e. The highest BCUT2D eigenvalue weighted by atomic mass is 35.5. The quantitative estimate of drug-likeness (QED) is 0.614. The molecule has 0 bridgehead atoms. The lowest BCUT2D eigenvalue weighted by molar-refractivity contribution is -0.384. The fraction of sp³-hybridized carbons (Fsp3) is 0.571. The maximum absolute atomic E-state index is 11.2. The first-order valence-corrected chi connectivity index (χ1v) is 7.19. The predicted octanol–water partition coefficient (Wildman–Crippen LogP) is 4.26. The maximum Gasteiger partial charge on any atom is 0.310 e. The lowest BCUT2D eigenvalue weighted by Crippen LogP contribution is -2.25. The van der Waals surface area contributed by atoms with Crippen LogP contribution in [0.25, 0.3) is 0 Å². The smallest absolute Gasteiger partial charge is 0.310 e. The van der Waals surface area contributed by atoms with Crippen LogP contribution >= 0.6 is 11.6 Å². The molecule has 4 nitrogen and oxygen atoms in total. The molecule has 1 atom stereocenters. The number of nitro groups is 1. The molecule has 0 amide bonds. The number of nitrogens with zero attached hydrogens (tertiary/aromatic N) is 2. The van der Waals surface area contributed by atoms with Crippen LogP contribution in [0.1, 0.15) is 32.6 Å². The summed E-state index contributed by atoms with van der Waals surface area (Å²) in [5, 5.41) is 11.4. The van der Waals surface area contributed by atoms with Gasteiger partial charge < -0.3 is 4.90 Å². The molecule has 1 unspecified atom stereocenters. The Hall–Kier alpha value is -1.29. The van der Waals surface area contributed by atoms with Crippen LogP contribution in [0.3, 0.4) is 0 Å². The van der Waals surface area contributed by atoms with E-state index in [2.05, 4.69) is 11.8 Å². The van der Waals surface area contributed by atoms with Crippen molar-refractivity contribution in [3.05, 3.63) is 33.3 Å². The number of rotatable bonds is 3. The third kappa shape index (κ3) is 3.18. The van der Waals surface area contributed by atoms with E-state index in [1.165, 1.54) is 12.8 Å². The standard InChI is InChI=1S/C14H19ClN2O2/c1-2-11-5-4-9-16(10-8-11)13-7-3-6-12(15)14(13)17(18)19/h3,6-7,11H,2,4-5,8-10H2,1H3. The molecule has 1 fully saturated rings. The average Bonchev–Trinajstić information content (AvgIpc) is 2.63. The van der Waals surface area contributed by atoms with E-state index in [9.17, 15) is 10.1 Å². The summed E-state index contributed by atoms with van der Waals surface area (Å²) in [6.45, 7) is 3.96. The molecule has 1 heterocycles. The SMILES string of the molecule is CCC1CCCN(c2cccc(Cl)c2[N+](=O)[O-])CC1. The third-order valence-electron chi connectivity index (χ3n) is 3.91. The van der Waals surface area contributed by atoms with Crippen LogP contribution in [0.15, 0.2) is 18.2 Å². The van der Waals surface area contributed by atoms with Crippen LogP contribution in [0, 0.1) is 16.0 Å². The largest absolute Gasteiger partial charge is 0.366 e. The Morgan fingerprint density at radius 2 is 2.21 bits per heavy atom.